The van der Waals surface area contributed by atoms with Gasteiger partial charge in [0.2, 0.25) is 0 Å². The van der Waals surface area contributed by atoms with Gasteiger partial charge in [-0.2, -0.15) is 5.26 Å². The zero-order valence-corrected chi connectivity index (χ0v) is 17.3. The second-order valence-corrected chi connectivity index (χ2v) is 7.81. The molecule has 0 saturated heterocycles. The lowest BCUT2D eigenvalue weighted by molar-refractivity contribution is 0.302. The molecule has 31 heavy (non-hydrogen) atoms. The first-order valence-corrected chi connectivity index (χ1v) is 10.2. The molecule has 1 aromatic heterocycles. The Labute approximate surface area is 184 Å². The van der Waals surface area contributed by atoms with Crippen LogP contribution in [0.5, 0.6) is 17.2 Å². The van der Waals surface area contributed by atoms with Crippen molar-refractivity contribution in [2.75, 3.05) is 0 Å². The Hall–Kier alpha value is -3.62. The Morgan fingerprint density at radius 2 is 1.74 bits per heavy atom. The molecule has 1 fully saturated rings. The summed E-state index contributed by atoms with van der Waals surface area (Å²) in [6.07, 6.45) is 3.80. The van der Waals surface area contributed by atoms with Crippen LogP contribution in [0.2, 0.25) is 5.02 Å². The van der Waals surface area contributed by atoms with E-state index in [1.807, 2.05) is 42.5 Å². The van der Waals surface area contributed by atoms with E-state index >= 15 is 0 Å². The van der Waals surface area contributed by atoms with Gasteiger partial charge in [-0.1, -0.05) is 29.8 Å². The van der Waals surface area contributed by atoms with E-state index in [1.165, 1.54) is 0 Å². The maximum Gasteiger partial charge on any atom is 0.156 e. The highest BCUT2D eigenvalue weighted by Gasteiger charge is 2.26. The van der Waals surface area contributed by atoms with E-state index in [4.69, 9.17) is 21.1 Å². The van der Waals surface area contributed by atoms with Crippen molar-refractivity contribution in [1.82, 2.24) is 9.97 Å². The number of ether oxygens (including phenoxy) is 2. The normalized spacial score (nSPS) is 13.1. The number of benzene rings is 3. The van der Waals surface area contributed by atoms with Crippen LogP contribution >= 0.6 is 11.6 Å². The molecule has 0 amide bonds. The Bertz CT molecular complexity index is 1330. The third-order valence-electron chi connectivity index (χ3n) is 4.96. The van der Waals surface area contributed by atoms with Crippen LogP contribution in [-0.4, -0.2) is 16.1 Å². The van der Waals surface area contributed by atoms with Gasteiger partial charge in [-0.25, -0.2) is 4.98 Å². The number of rotatable bonds is 5. The van der Waals surface area contributed by atoms with Crippen LogP contribution in [0.15, 0.2) is 60.8 Å². The molecule has 0 N–H and O–H groups in total. The fourth-order valence-corrected chi connectivity index (χ4v) is 3.52. The number of nitrogens with zero attached hydrogens (tertiary/aromatic N) is 3. The predicted octanol–water partition coefficient (Wildman–Crippen LogP) is 6.34. The average molecular weight is 427 g/mol. The van der Waals surface area contributed by atoms with Crippen molar-refractivity contribution >= 4 is 22.6 Å². The monoisotopic (exact) mass is 426 g/mol. The first-order valence-electron chi connectivity index (χ1n) is 9.86. The summed E-state index contributed by atoms with van der Waals surface area (Å²) in [5, 5.41) is 9.84. The lowest BCUT2D eigenvalue weighted by Crippen LogP contribution is -1.99. The van der Waals surface area contributed by atoms with Crippen LogP contribution in [0.4, 0.5) is 0 Å². The van der Waals surface area contributed by atoms with Gasteiger partial charge in [-0.3, -0.25) is 4.98 Å². The highest BCUT2D eigenvalue weighted by atomic mass is 35.5. The molecule has 1 aliphatic carbocycles. The van der Waals surface area contributed by atoms with Crippen molar-refractivity contribution in [1.29, 1.82) is 5.26 Å². The van der Waals surface area contributed by atoms with Gasteiger partial charge < -0.3 is 9.47 Å². The lowest BCUT2D eigenvalue weighted by Gasteiger charge is -2.12. The molecule has 0 unspecified atom stereocenters. The van der Waals surface area contributed by atoms with E-state index in [-0.39, 0.29) is 6.10 Å². The minimum atomic E-state index is 0.158. The minimum Gasteiger partial charge on any atom is -0.487 e. The summed E-state index contributed by atoms with van der Waals surface area (Å²) in [5.41, 5.74) is 4.70. The van der Waals surface area contributed by atoms with Crippen LogP contribution in [0.3, 0.4) is 0 Å². The Morgan fingerprint density at radius 1 is 0.968 bits per heavy atom. The quantitative estimate of drug-likeness (QED) is 0.372. The summed E-state index contributed by atoms with van der Waals surface area (Å²) in [4.78, 5) is 8.78. The maximum atomic E-state index is 9.46. The largest absolute Gasteiger partial charge is 0.487 e. The Morgan fingerprint density at radius 3 is 2.48 bits per heavy atom. The van der Waals surface area contributed by atoms with Crippen LogP contribution in [0.25, 0.3) is 22.2 Å². The van der Waals surface area contributed by atoms with Crippen molar-refractivity contribution in [2.45, 2.75) is 18.9 Å². The smallest absolute Gasteiger partial charge is 0.156 e. The van der Waals surface area contributed by atoms with Crippen molar-refractivity contribution in [3.05, 3.63) is 84.0 Å². The van der Waals surface area contributed by atoms with Crippen LogP contribution < -0.4 is 9.47 Å². The molecule has 1 aliphatic rings. The second kappa shape index (κ2) is 7.90. The molecule has 1 heterocycles. The summed E-state index contributed by atoms with van der Waals surface area (Å²) < 4.78 is 11.7. The highest BCUT2D eigenvalue weighted by molar-refractivity contribution is 6.32. The van der Waals surface area contributed by atoms with Crippen molar-refractivity contribution in [3.8, 4) is 34.4 Å². The molecule has 3 aromatic carbocycles. The zero-order valence-electron chi connectivity index (χ0n) is 16.5. The SMILES string of the molecule is [CH2]c1cnc2cc(-c3ccc(Oc4cc(Cl)c(OC5CC5)c(C#N)c4)cc3)ccc2n1. The van der Waals surface area contributed by atoms with Crippen LogP contribution in [0.1, 0.15) is 24.1 Å². The molecule has 0 bridgehead atoms. The number of aromatic nitrogens is 2. The average Bonchev–Trinajstić information content (AvgIpc) is 3.60. The minimum absolute atomic E-state index is 0.158. The highest BCUT2D eigenvalue weighted by Crippen LogP contribution is 2.38. The fraction of sp³-hybridized carbons (Fsp3) is 0.120. The van der Waals surface area contributed by atoms with E-state index in [2.05, 4.69) is 23.0 Å². The van der Waals surface area contributed by atoms with Gasteiger partial charge in [0, 0.05) is 18.3 Å². The lowest BCUT2D eigenvalue weighted by atomic mass is 10.0. The number of hydrogen-bond donors (Lipinski definition) is 0. The standard InChI is InChI=1S/C25H17ClN3O2/c1-15-14-28-24-11-17(4-9-23(24)29-15)16-2-5-19(6-3-16)30-21-10-18(13-27)25(22(26)12-21)31-20-7-8-20/h2-6,9-12,14,20H,1,7-8H2. The van der Waals surface area contributed by atoms with E-state index in [0.29, 0.717) is 33.5 Å². The molecule has 0 atom stereocenters. The number of halogens is 1. The summed E-state index contributed by atoms with van der Waals surface area (Å²) in [5.74, 6) is 1.56. The second-order valence-electron chi connectivity index (χ2n) is 7.40. The fourth-order valence-electron chi connectivity index (χ4n) is 3.26. The third kappa shape index (κ3) is 4.16. The van der Waals surface area contributed by atoms with Gasteiger partial charge in [0.25, 0.3) is 0 Å². The van der Waals surface area contributed by atoms with Gasteiger partial charge in [-0.05, 0) is 55.2 Å². The predicted molar refractivity (Wildman–Crippen MR) is 119 cm³/mol. The zero-order chi connectivity index (χ0) is 21.4. The summed E-state index contributed by atoms with van der Waals surface area (Å²) in [6, 6.07) is 19.1. The van der Waals surface area contributed by atoms with Gasteiger partial charge >= 0.3 is 0 Å². The Kier molecular flexibility index (Phi) is 4.93. The number of hydrogen-bond acceptors (Lipinski definition) is 5. The molecule has 151 valence electrons. The third-order valence-corrected chi connectivity index (χ3v) is 5.24. The van der Waals surface area contributed by atoms with Crippen molar-refractivity contribution < 1.29 is 9.47 Å². The molecule has 6 heteroatoms. The summed E-state index contributed by atoms with van der Waals surface area (Å²) in [7, 11) is 0. The molecule has 5 rings (SSSR count). The molecular weight excluding hydrogens is 410 g/mol. The van der Waals surface area contributed by atoms with Gasteiger partial charge in [-0.15, -0.1) is 0 Å². The number of nitriles is 1. The van der Waals surface area contributed by atoms with Crippen LogP contribution in [0, 0.1) is 18.3 Å². The number of fused-ring (bicyclic) bond motifs is 1. The van der Waals surface area contributed by atoms with E-state index in [9.17, 15) is 5.26 Å². The first-order chi connectivity index (χ1) is 15.1. The topological polar surface area (TPSA) is 68.0 Å². The summed E-state index contributed by atoms with van der Waals surface area (Å²) in [6.45, 7) is 3.81. The molecule has 1 saturated carbocycles. The molecule has 1 radical (unpaired) electrons. The van der Waals surface area contributed by atoms with Crippen molar-refractivity contribution in [3.63, 3.8) is 0 Å². The maximum absolute atomic E-state index is 9.46. The van der Waals surface area contributed by atoms with E-state index in [1.54, 1.807) is 18.3 Å². The van der Waals surface area contributed by atoms with Crippen molar-refractivity contribution in [2.24, 2.45) is 0 Å². The van der Waals surface area contributed by atoms with E-state index in [0.717, 1.165) is 35.0 Å². The van der Waals surface area contributed by atoms with Gasteiger partial charge in [0.1, 0.15) is 17.6 Å². The van der Waals surface area contributed by atoms with Gasteiger partial charge in [0.05, 0.1) is 33.4 Å². The van der Waals surface area contributed by atoms with Gasteiger partial charge in [0.15, 0.2) is 5.75 Å². The molecule has 5 nitrogen and oxygen atoms in total. The molecule has 0 aliphatic heterocycles. The van der Waals surface area contributed by atoms with Crippen LogP contribution in [-0.2, 0) is 0 Å². The first kappa shape index (κ1) is 19.3. The Balaban J connectivity index is 1.37. The molecular formula is C25H17ClN3O2. The molecule has 4 aromatic rings. The van der Waals surface area contributed by atoms with E-state index < -0.39 is 0 Å². The molecule has 0 spiro atoms. The summed E-state index contributed by atoms with van der Waals surface area (Å²) >= 11 is 6.34.